The van der Waals surface area contributed by atoms with Crippen LogP contribution in [0.2, 0.25) is 0 Å². The Morgan fingerprint density at radius 3 is 1.91 bits per heavy atom. The van der Waals surface area contributed by atoms with Gasteiger partial charge >= 0.3 is 0 Å². The van der Waals surface area contributed by atoms with Crippen LogP contribution in [0, 0.1) is 5.92 Å². The van der Waals surface area contributed by atoms with Crippen molar-refractivity contribution in [1.29, 1.82) is 0 Å². The normalized spacial score (nSPS) is 15.9. The topological polar surface area (TPSA) is 166 Å². The molecule has 2 aliphatic rings. The monoisotopic (exact) mass is 662 g/mol. The standard InChI is InChI=1S/C26H43N3O8S.2C2H6.CH3NO/c1-20(30)17-37-19-25(33)28(3)10-9-27(2)24(32)18-36-12-11-35-13-14-38-22-15-23(31)29(26(22)34)16-21-7-5-4-6-8-21;2*1-2;2-1-3/h21-22H,4-19H2,1-3H3;2*1-2H3;1H,(H2,2,3). The lowest BCUT2D eigenvalue weighted by Gasteiger charge is -2.25. The average molecular weight is 663 g/mol. The molecule has 1 aliphatic heterocycles. The summed E-state index contributed by atoms with van der Waals surface area (Å²) >= 11 is 1.46. The Hall–Kier alpha value is -2.55. The van der Waals surface area contributed by atoms with Crippen molar-refractivity contribution in [2.45, 2.75) is 78.4 Å². The molecular weight excluding hydrogens is 604 g/mol. The number of ketones is 1. The van der Waals surface area contributed by atoms with Gasteiger partial charge in [-0.1, -0.05) is 47.0 Å². The van der Waals surface area contributed by atoms with E-state index < -0.39 is 0 Å². The molecule has 0 aromatic carbocycles. The number of Topliss-reactive ketones (excluding diaryl/α,β-unsaturated/α-hetero) is 1. The Morgan fingerprint density at radius 2 is 1.38 bits per heavy atom. The number of carbonyl (C=O) groups is 6. The number of carbonyl (C=O) groups excluding carboxylic acids is 6. The molecule has 0 aromatic heterocycles. The first-order chi connectivity index (χ1) is 21.6. The fourth-order valence-corrected chi connectivity index (χ4v) is 5.31. The lowest BCUT2D eigenvalue weighted by molar-refractivity contribution is -0.139. The third-order valence-electron chi connectivity index (χ3n) is 6.67. The van der Waals surface area contributed by atoms with Crippen LogP contribution in [0.4, 0.5) is 0 Å². The molecule has 5 amide bonds. The van der Waals surface area contributed by atoms with Gasteiger partial charge in [-0.25, -0.2) is 0 Å². The molecule has 1 atom stereocenters. The molecular formula is C31H58N4O9S. The molecule has 0 aromatic rings. The highest BCUT2D eigenvalue weighted by atomic mass is 32.2. The van der Waals surface area contributed by atoms with Gasteiger partial charge in [0.2, 0.25) is 30.0 Å². The summed E-state index contributed by atoms with van der Waals surface area (Å²) in [7, 11) is 3.24. The van der Waals surface area contributed by atoms with Crippen molar-refractivity contribution in [1.82, 2.24) is 14.7 Å². The summed E-state index contributed by atoms with van der Waals surface area (Å²) in [6.45, 7) is 11.3. The van der Waals surface area contributed by atoms with Crippen molar-refractivity contribution in [3.63, 3.8) is 0 Å². The molecule has 0 spiro atoms. The first kappa shape index (κ1) is 44.6. The number of thioether (sulfide) groups is 1. The number of likely N-dealkylation sites (tertiary alicyclic amines) is 1. The summed E-state index contributed by atoms with van der Waals surface area (Å²) in [6.07, 6.45) is 6.35. The highest BCUT2D eigenvalue weighted by Crippen LogP contribution is 2.29. The smallest absolute Gasteiger partial charge is 0.248 e. The second-order valence-electron chi connectivity index (χ2n) is 10.0. The van der Waals surface area contributed by atoms with Crippen LogP contribution in [0.3, 0.4) is 0 Å². The average Bonchev–Trinajstić information content (AvgIpc) is 3.30. The van der Waals surface area contributed by atoms with Crippen molar-refractivity contribution >= 4 is 47.6 Å². The molecule has 2 N–H and O–H groups in total. The van der Waals surface area contributed by atoms with Gasteiger partial charge in [-0.15, -0.1) is 11.8 Å². The summed E-state index contributed by atoms with van der Waals surface area (Å²) in [5, 5.41) is -0.318. The lowest BCUT2D eigenvalue weighted by atomic mass is 9.89. The zero-order chi connectivity index (χ0) is 34.6. The first-order valence-electron chi connectivity index (χ1n) is 15.9. The number of rotatable bonds is 18. The summed E-state index contributed by atoms with van der Waals surface area (Å²) in [5.74, 6) is 0.312. The fraction of sp³-hybridized carbons (Fsp3) is 0.806. The van der Waals surface area contributed by atoms with Crippen LogP contribution in [0.1, 0.15) is 73.1 Å². The van der Waals surface area contributed by atoms with Crippen LogP contribution < -0.4 is 5.73 Å². The minimum atomic E-state index is -0.318. The van der Waals surface area contributed by atoms with E-state index in [1.54, 1.807) is 14.1 Å². The summed E-state index contributed by atoms with van der Waals surface area (Å²) in [5.41, 5.74) is 4.17. The van der Waals surface area contributed by atoms with Crippen LogP contribution in [0.25, 0.3) is 0 Å². The van der Waals surface area contributed by atoms with Gasteiger partial charge in [-0.3, -0.25) is 33.7 Å². The maximum absolute atomic E-state index is 12.6. The van der Waals surface area contributed by atoms with Gasteiger partial charge in [0.1, 0.15) is 19.8 Å². The minimum absolute atomic E-state index is 0.0565. The van der Waals surface area contributed by atoms with Crippen molar-refractivity contribution in [2.24, 2.45) is 11.7 Å². The maximum Gasteiger partial charge on any atom is 0.248 e. The molecule has 0 bridgehead atoms. The Morgan fingerprint density at radius 1 is 0.867 bits per heavy atom. The van der Waals surface area contributed by atoms with Gasteiger partial charge in [0.15, 0.2) is 5.78 Å². The van der Waals surface area contributed by atoms with Crippen LogP contribution in [0.15, 0.2) is 0 Å². The highest BCUT2D eigenvalue weighted by molar-refractivity contribution is 8.00. The quantitative estimate of drug-likeness (QED) is 0.131. The van der Waals surface area contributed by atoms with E-state index in [0.29, 0.717) is 44.5 Å². The van der Waals surface area contributed by atoms with Crippen molar-refractivity contribution < 1.29 is 43.0 Å². The largest absolute Gasteiger partial charge is 0.378 e. The number of primary amides is 1. The van der Waals surface area contributed by atoms with E-state index in [1.807, 2.05) is 27.7 Å². The molecule has 1 unspecified atom stereocenters. The number of hydrogen-bond donors (Lipinski definition) is 1. The van der Waals surface area contributed by atoms with E-state index in [-0.39, 0.29) is 73.9 Å². The molecule has 13 nitrogen and oxygen atoms in total. The van der Waals surface area contributed by atoms with Gasteiger partial charge in [-0.2, -0.15) is 0 Å². The van der Waals surface area contributed by atoms with Crippen molar-refractivity contribution in [3.05, 3.63) is 0 Å². The molecule has 262 valence electrons. The SMILES string of the molecule is CC.CC.CC(=O)COCC(=O)N(C)CCN(C)C(=O)COCCOCCSC1CC(=O)N(CC2CCCCC2)C1=O.NC=O. The Balaban J connectivity index is 0. The zero-order valence-corrected chi connectivity index (χ0v) is 29.4. The number of ether oxygens (including phenoxy) is 3. The van der Waals surface area contributed by atoms with E-state index in [2.05, 4.69) is 5.73 Å². The molecule has 2 rings (SSSR count). The first-order valence-corrected chi connectivity index (χ1v) is 17.0. The fourth-order valence-electron chi connectivity index (χ4n) is 4.28. The summed E-state index contributed by atoms with van der Waals surface area (Å²) < 4.78 is 15.9. The van der Waals surface area contributed by atoms with Crippen molar-refractivity contribution in [3.8, 4) is 0 Å². The predicted molar refractivity (Wildman–Crippen MR) is 176 cm³/mol. The molecule has 45 heavy (non-hydrogen) atoms. The van der Waals surface area contributed by atoms with Gasteiger partial charge in [0, 0.05) is 45.9 Å². The maximum atomic E-state index is 12.6. The van der Waals surface area contributed by atoms with Crippen molar-refractivity contribution in [2.75, 3.05) is 79.1 Å². The molecule has 2 fully saturated rings. The number of nitrogens with zero attached hydrogens (tertiary/aromatic N) is 3. The molecule has 0 radical (unpaired) electrons. The van der Waals surface area contributed by atoms with Crippen LogP contribution in [-0.2, 0) is 43.0 Å². The molecule has 14 heteroatoms. The highest BCUT2D eigenvalue weighted by Gasteiger charge is 2.39. The Kier molecular flexibility index (Phi) is 28.6. The second kappa shape index (κ2) is 28.9. The number of likely N-dealkylation sites (N-methyl/N-ethyl adjacent to an activating group) is 2. The molecule has 1 saturated heterocycles. The van der Waals surface area contributed by atoms with E-state index in [4.69, 9.17) is 19.0 Å². The Labute approximate surface area is 274 Å². The minimum Gasteiger partial charge on any atom is -0.378 e. The van der Waals surface area contributed by atoms with Gasteiger partial charge in [-0.05, 0) is 25.7 Å². The zero-order valence-electron chi connectivity index (χ0n) is 28.5. The third-order valence-corrected chi connectivity index (χ3v) is 7.84. The number of imide groups is 1. The van der Waals surface area contributed by atoms with E-state index >= 15 is 0 Å². The van der Waals surface area contributed by atoms with E-state index in [9.17, 15) is 24.0 Å². The molecule has 1 aliphatic carbocycles. The van der Waals surface area contributed by atoms with E-state index in [0.717, 1.165) is 12.8 Å². The number of hydrogen-bond acceptors (Lipinski definition) is 10. The van der Waals surface area contributed by atoms with E-state index in [1.165, 1.54) is 52.6 Å². The Bertz CT molecular complexity index is 857. The van der Waals surface area contributed by atoms with Crippen LogP contribution in [-0.4, -0.2) is 135 Å². The molecule has 1 heterocycles. The summed E-state index contributed by atoms with van der Waals surface area (Å²) in [4.78, 5) is 72.9. The van der Waals surface area contributed by atoms with Gasteiger partial charge in [0.25, 0.3) is 0 Å². The van der Waals surface area contributed by atoms with Crippen LogP contribution >= 0.6 is 11.8 Å². The van der Waals surface area contributed by atoms with Gasteiger partial charge < -0.3 is 29.7 Å². The second-order valence-corrected chi connectivity index (χ2v) is 11.3. The van der Waals surface area contributed by atoms with Crippen LogP contribution in [0.5, 0.6) is 0 Å². The molecule has 1 saturated carbocycles. The summed E-state index contributed by atoms with van der Waals surface area (Å²) in [6, 6.07) is 0. The third kappa shape index (κ3) is 21.0. The van der Waals surface area contributed by atoms with Gasteiger partial charge in [0.05, 0.1) is 25.1 Å². The number of nitrogens with two attached hydrogens (primary N) is 1. The lowest BCUT2D eigenvalue weighted by Crippen LogP contribution is -2.40. The number of amides is 5. The predicted octanol–water partition coefficient (Wildman–Crippen LogP) is 2.14.